The van der Waals surface area contributed by atoms with E-state index in [2.05, 4.69) is 5.32 Å². The van der Waals surface area contributed by atoms with Crippen LogP contribution in [-0.2, 0) is 4.79 Å². The molecular weight excluding hydrogens is 270 g/mol. The lowest BCUT2D eigenvalue weighted by Crippen LogP contribution is -2.23. The van der Waals surface area contributed by atoms with E-state index in [1.807, 2.05) is 0 Å². The van der Waals surface area contributed by atoms with Crippen LogP contribution in [0.5, 0.6) is 0 Å². The number of amides is 1. The molecule has 130 valence electrons. The summed E-state index contributed by atoms with van der Waals surface area (Å²) in [5.74, 6) is 0.269. The van der Waals surface area contributed by atoms with Gasteiger partial charge in [-0.2, -0.15) is 0 Å². The summed E-state index contributed by atoms with van der Waals surface area (Å²) in [7, 11) is 0. The van der Waals surface area contributed by atoms with E-state index in [0.717, 1.165) is 25.8 Å². The van der Waals surface area contributed by atoms with Crippen molar-refractivity contribution in [1.29, 1.82) is 0 Å². The minimum Gasteiger partial charge on any atom is -0.356 e. The number of nitrogens with one attached hydrogen (secondary N) is 1. The average molecular weight is 310 g/mol. The molecule has 1 saturated heterocycles. The minimum absolute atomic E-state index is 0.269. The predicted molar refractivity (Wildman–Crippen MR) is 96.1 cm³/mol. The van der Waals surface area contributed by atoms with Crippen LogP contribution >= 0.6 is 0 Å². The maximum atomic E-state index is 11.7. The van der Waals surface area contributed by atoms with Crippen molar-refractivity contribution in [1.82, 2.24) is 5.32 Å². The molecule has 0 spiro atoms. The molecule has 0 bridgehead atoms. The van der Waals surface area contributed by atoms with E-state index < -0.39 is 0 Å². The van der Waals surface area contributed by atoms with Crippen LogP contribution in [-0.4, -0.2) is 12.5 Å². The van der Waals surface area contributed by atoms with Crippen molar-refractivity contribution in [2.24, 2.45) is 0 Å². The molecule has 0 unspecified atom stereocenters. The van der Waals surface area contributed by atoms with Crippen molar-refractivity contribution in [3.05, 3.63) is 0 Å². The first kappa shape index (κ1) is 19.5. The van der Waals surface area contributed by atoms with Crippen LogP contribution in [0.2, 0.25) is 0 Å². The van der Waals surface area contributed by atoms with E-state index in [4.69, 9.17) is 0 Å². The molecule has 0 aromatic heterocycles. The topological polar surface area (TPSA) is 29.1 Å². The van der Waals surface area contributed by atoms with Gasteiger partial charge < -0.3 is 5.32 Å². The van der Waals surface area contributed by atoms with Gasteiger partial charge in [-0.3, -0.25) is 4.79 Å². The van der Waals surface area contributed by atoms with Gasteiger partial charge in [0.25, 0.3) is 0 Å². The fourth-order valence-corrected chi connectivity index (χ4v) is 3.38. The fourth-order valence-electron chi connectivity index (χ4n) is 3.38. The third-order valence-corrected chi connectivity index (χ3v) is 4.90. The van der Waals surface area contributed by atoms with E-state index in [9.17, 15) is 4.79 Å². The third-order valence-electron chi connectivity index (χ3n) is 4.90. The number of rotatable bonds is 0. The van der Waals surface area contributed by atoms with Crippen LogP contribution in [0.1, 0.15) is 116 Å². The molecule has 1 fully saturated rings. The maximum absolute atomic E-state index is 11.7. The number of hydrogen-bond donors (Lipinski definition) is 1. The van der Waals surface area contributed by atoms with Crippen LogP contribution in [0.25, 0.3) is 0 Å². The highest BCUT2D eigenvalue weighted by Crippen LogP contribution is 2.14. The van der Waals surface area contributed by atoms with Crippen molar-refractivity contribution in [3.63, 3.8) is 0 Å². The second-order valence-corrected chi connectivity index (χ2v) is 7.11. The molecule has 2 nitrogen and oxygen atoms in total. The number of hydrogen-bond acceptors (Lipinski definition) is 1. The monoisotopic (exact) mass is 309 g/mol. The lowest BCUT2D eigenvalue weighted by molar-refractivity contribution is -0.121. The summed E-state index contributed by atoms with van der Waals surface area (Å²) < 4.78 is 0. The van der Waals surface area contributed by atoms with Crippen LogP contribution in [0, 0.1) is 0 Å². The van der Waals surface area contributed by atoms with Gasteiger partial charge in [0.15, 0.2) is 0 Å². The van der Waals surface area contributed by atoms with E-state index >= 15 is 0 Å². The highest BCUT2D eigenvalue weighted by atomic mass is 16.1. The van der Waals surface area contributed by atoms with Gasteiger partial charge >= 0.3 is 0 Å². The Morgan fingerprint density at radius 3 is 1.18 bits per heavy atom. The first-order valence-corrected chi connectivity index (χ1v) is 10.2. The Labute approximate surface area is 138 Å². The second kappa shape index (κ2) is 15.4. The Hall–Kier alpha value is -0.530. The normalized spacial score (nSPS) is 23.2. The standard InChI is InChI=1S/C20H39NO/c22-20-18-16-14-12-10-8-6-4-2-1-3-5-7-9-11-13-15-17-19-21-20/h1-19H2,(H,21,22). The minimum atomic E-state index is 0.269. The second-order valence-electron chi connectivity index (χ2n) is 7.11. The Kier molecular flexibility index (Phi) is 13.6. The summed E-state index contributed by atoms with van der Waals surface area (Å²) in [5, 5.41) is 3.07. The van der Waals surface area contributed by atoms with Crippen molar-refractivity contribution in [2.45, 2.75) is 116 Å². The largest absolute Gasteiger partial charge is 0.356 e. The summed E-state index contributed by atoms with van der Waals surface area (Å²) in [6.45, 7) is 0.888. The molecule has 1 N–H and O–H groups in total. The molecule has 0 saturated carbocycles. The van der Waals surface area contributed by atoms with Crippen molar-refractivity contribution >= 4 is 5.91 Å². The van der Waals surface area contributed by atoms with Crippen molar-refractivity contribution < 1.29 is 4.79 Å². The number of carbonyl (C=O) groups is 1. The molecule has 0 aliphatic carbocycles. The van der Waals surface area contributed by atoms with Gasteiger partial charge in [-0.05, 0) is 12.8 Å². The molecule has 1 amide bonds. The highest BCUT2D eigenvalue weighted by molar-refractivity contribution is 5.75. The molecule has 0 atom stereocenters. The SMILES string of the molecule is O=C1CCCCCCCCCCCCCCCCCCCN1. The fraction of sp³-hybridized carbons (Fsp3) is 0.950. The van der Waals surface area contributed by atoms with Gasteiger partial charge in [0, 0.05) is 13.0 Å². The van der Waals surface area contributed by atoms with E-state index in [1.54, 1.807) is 0 Å². The van der Waals surface area contributed by atoms with Gasteiger partial charge in [0.1, 0.15) is 0 Å². The summed E-state index contributed by atoms with van der Waals surface area (Å²) in [4.78, 5) is 11.7. The molecule has 0 aromatic rings. The molecular formula is C20H39NO. The first-order valence-electron chi connectivity index (χ1n) is 10.2. The quantitative estimate of drug-likeness (QED) is 0.572. The van der Waals surface area contributed by atoms with Gasteiger partial charge in [0.05, 0.1) is 0 Å². The zero-order chi connectivity index (χ0) is 15.7. The smallest absolute Gasteiger partial charge is 0.219 e. The molecule has 1 heterocycles. The van der Waals surface area contributed by atoms with Crippen LogP contribution < -0.4 is 5.32 Å². The number of carbonyl (C=O) groups excluding carboxylic acids is 1. The Balaban J connectivity index is 2.09. The lowest BCUT2D eigenvalue weighted by atomic mass is 10.0. The van der Waals surface area contributed by atoms with E-state index in [1.165, 1.54) is 96.3 Å². The van der Waals surface area contributed by atoms with E-state index in [0.29, 0.717) is 0 Å². The molecule has 2 heteroatoms. The van der Waals surface area contributed by atoms with Gasteiger partial charge in [-0.1, -0.05) is 96.3 Å². The summed E-state index contributed by atoms with van der Waals surface area (Å²) >= 11 is 0. The summed E-state index contributed by atoms with van der Waals surface area (Å²) in [6.07, 6.45) is 23.7. The molecule has 1 aliphatic heterocycles. The lowest BCUT2D eigenvalue weighted by Gasteiger charge is -2.05. The van der Waals surface area contributed by atoms with Gasteiger partial charge in [-0.15, -0.1) is 0 Å². The van der Waals surface area contributed by atoms with Gasteiger partial charge in [-0.25, -0.2) is 0 Å². The summed E-state index contributed by atoms with van der Waals surface area (Å²) in [5.41, 5.74) is 0. The zero-order valence-electron chi connectivity index (χ0n) is 14.8. The van der Waals surface area contributed by atoms with Crippen LogP contribution in [0.15, 0.2) is 0 Å². The molecule has 0 radical (unpaired) electrons. The van der Waals surface area contributed by atoms with Crippen molar-refractivity contribution in [3.8, 4) is 0 Å². The Morgan fingerprint density at radius 2 is 0.773 bits per heavy atom. The van der Waals surface area contributed by atoms with Gasteiger partial charge in [0.2, 0.25) is 5.91 Å². The third kappa shape index (κ3) is 13.2. The molecule has 1 aliphatic rings. The molecule has 0 aromatic carbocycles. The molecule has 22 heavy (non-hydrogen) atoms. The summed E-state index contributed by atoms with van der Waals surface area (Å²) in [6, 6.07) is 0. The molecule has 1 rings (SSSR count). The zero-order valence-corrected chi connectivity index (χ0v) is 14.8. The Morgan fingerprint density at radius 1 is 0.455 bits per heavy atom. The highest BCUT2D eigenvalue weighted by Gasteiger charge is 2.01. The van der Waals surface area contributed by atoms with E-state index in [-0.39, 0.29) is 5.91 Å². The maximum Gasteiger partial charge on any atom is 0.219 e. The van der Waals surface area contributed by atoms with Crippen LogP contribution in [0.3, 0.4) is 0 Å². The van der Waals surface area contributed by atoms with Crippen molar-refractivity contribution in [2.75, 3.05) is 6.54 Å². The Bertz CT molecular complexity index is 228. The average Bonchev–Trinajstić information content (AvgIpc) is 2.52. The van der Waals surface area contributed by atoms with Crippen LogP contribution in [0.4, 0.5) is 0 Å². The first-order chi connectivity index (χ1) is 10.9. The predicted octanol–water partition coefficient (Wildman–Crippen LogP) is 6.14.